The molecule has 1 aliphatic heterocycles. The van der Waals surface area contributed by atoms with E-state index >= 15 is 0 Å². The van der Waals surface area contributed by atoms with Gasteiger partial charge in [-0.1, -0.05) is 19.8 Å². The largest absolute Gasteiger partial charge is 0.417 e. The van der Waals surface area contributed by atoms with Crippen LogP contribution < -0.4 is 0 Å². The van der Waals surface area contributed by atoms with Gasteiger partial charge in [-0.05, 0) is 6.42 Å². The van der Waals surface area contributed by atoms with Crippen LogP contribution in [-0.2, 0) is 24.5 Å². The zero-order chi connectivity index (χ0) is 9.68. The quantitative estimate of drug-likeness (QED) is 0.504. The monoisotopic (exact) mass is 204 g/mol. The van der Waals surface area contributed by atoms with E-state index in [1.807, 2.05) is 0 Å². The zero-order valence-electron chi connectivity index (χ0n) is 7.45. The standard InChI is InChI=1S/C8H12O4S/c1-2-3-4-5-7-8(6-9)12-13(10)11-7/h6H,2-5H2,1H3. The summed E-state index contributed by atoms with van der Waals surface area (Å²) in [6.07, 6.45) is 4.23. The fourth-order valence-corrected chi connectivity index (χ4v) is 1.69. The van der Waals surface area contributed by atoms with E-state index in [-0.39, 0.29) is 5.76 Å². The van der Waals surface area contributed by atoms with Crippen LogP contribution in [0.3, 0.4) is 0 Å². The summed E-state index contributed by atoms with van der Waals surface area (Å²) in [5.74, 6) is 0.496. The highest BCUT2D eigenvalue weighted by Gasteiger charge is 2.23. The zero-order valence-corrected chi connectivity index (χ0v) is 8.26. The lowest BCUT2D eigenvalue weighted by atomic mass is 10.2. The second-order valence-corrected chi connectivity index (χ2v) is 3.47. The van der Waals surface area contributed by atoms with E-state index in [2.05, 4.69) is 11.1 Å². The minimum atomic E-state index is -1.79. The van der Waals surface area contributed by atoms with Crippen molar-refractivity contribution in [2.24, 2.45) is 0 Å². The lowest BCUT2D eigenvalue weighted by molar-refractivity contribution is -0.106. The normalized spacial score (nSPS) is 21.2. The number of aldehydes is 1. The van der Waals surface area contributed by atoms with Crippen LogP contribution in [0.1, 0.15) is 32.6 Å². The lowest BCUT2D eigenvalue weighted by Crippen LogP contribution is -1.88. The first kappa shape index (κ1) is 10.2. The third-order valence-electron chi connectivity index (χ3n) is 1.72. The Morgan fingerprint density at radius 2 is 2.15 bits per heavy atom. The van der Waals surface area contributed by atoms with Crippen molar-refractivity contribution in [3.8, 4) is 0 Å². The molecular weight excluding hydrogens is 192 g/mol. The van der Waals surface area contributed by atoms with E-state index in [4.69, 9.17) is 4.18 Å². The van der Waals surface area contributed by atoms with Gasteiger partial charge in [-0.15, -0.1) is 0 Å². The minimum absolute atomic E-state index is 0.0782. The van der Waals surface area contributed by atoms with E-state index in [1.54, 1.807) is 0 Å². The van der Waals surface area contributed by atoms with Gasteiger partial charge in [0.1, 0.15) is 0 Å². The molecule has 0 aromatic rings. The Labute approximate surface area is 79.8 Å². The Hall–Kier alpha value is -0.840. The first-order valence-electron chi connectivity index (χ1n) is 4.24. The van der Waals surface area contributed by atoms with Crippen molar-refractivity contribution in [3.63, 3.8) is 0 Å². The van der Waals surface area contributed by atoms with Gasteiger partial charge < -0.3 is 8.37 Å². The van der Waals surface area contributed by atoms with Gasteiger partial charge in [-0.2, -0.15) is 4.21 Å². The van der Waals surface area contributed by atoms with E-state index in [9.17, 15) is 9.00 Å². The molecule has 0 fully saturated rings. The summed E-state index contributed by atoms with van der Waals surface area (Å²) in [4.78, 5) is 10.4. The van der Waals surface area contributed by atoms with E-state index in [0.717, 1.165) is 19.3 Å². The highest BCUT2D eigenvalue weighted by atomic mass is 32.2. The van der Waals surface area contributed by atoms with Crippen molar-refractivity contribution in [1.82, 2.24) is 0 Å². The van der Waals surface area contributed by atoms with Crippen molar-refractivity contribution in [2.75, 3.05) is 0 Å². The number of hydrogen-bond donors (Lipinski definition) is 0. The molecule has 0 spiro atoms. The number of hydrogen-bond acceptors (Lipinski definition) is 4. The van der Waals surface area contributed by atoms with Gasteiger partial charge in [0, 0.05) is 6.42 Å². The number of unbranched alkanes of at least 4 members (excludes halogenated alkanes) is 2. The second kappa shape index (κ2) is 5.01. The van der Waals surface area contributed by atoms with Crippen LogP contribution in [-0.4, -0.2) is 10.5 Å². The van der Waals surface area contributed by atoms with Gasteiger partial charge in [0.15, 0.2) is 12.0 Å². The Kier molecular flexibility index (Phi) is 3.95. The Bertz CT molecular complexity index is 247. The Balaban J connectivity index is 2.46. The van der Waals surface area contributed by atoms with Gasteiger partial charge >= 0.3 is 11.4 Å². The first-order valence-corrected chi connectivity index (χ1v) is 5.24. The van der Waals surface area contributed by atoms with Crippen LogP contribution >= 0.6 is 0 Å². The van der Waals surface area contributed by atoms with Crippen LogP contribution in [0.2, 0.25) is 0 Å². The van der Waals surface area contributed by atoms with Gasteiger partial charge in [-0.25, -0.2) is 0 Å². The molecule has 13 heavy (non-hydrogen) atoms. The molecular formula is C8H12O4S. The summed E-state index contributed by atoms with van der Waals surface area (Å²) in [6.45, 7) is 2.08. The summed E-state index contributed by atoms with van der Waals surface area (Å²) in [7, 11) is 0. The van der Waals surface area contributed by atoms with Crippen molar-refractivity contribution >= 4 is 17.6 Å². The predicted molar refractivity (Wildman–Crippen MR) is 47.5 cm³/mol. The third kappa shape index (κ3) is 2.84. The van der Waals surface area contributed by atoms with Crippen LogP contribution in [0.5, 0.6) is 0 Å². The van der Waals surface area contributed by atoms with E-state index in [1.165, 1.54) is 0 Å². The highest BCUT2D eigenvalue weighted by Crippen LogP contribution is 2.23. The molecule has 5 heteroatoms. The number of rotatable bonds is 5. The molecule has 1 unspecified atom stereocenters. The van der Waals surface area contributed by atoms with Gasteiger partial charge in [0.05, 0.1) is 0 Å². The van der Waals surface area contributed by atoms with Crippen molar-refractivity contribution in [3.05, 3.63) is 11.5 Å². The molecule has 0 aromatic heterocycles. The van der Waals surface area contributed by atoms with Crippen LogP contribution in [0.25, 0.3) is 0 Å². The number of carbonyl (C=O) groups is 1. The summed E-state index contributed by atoms with van der Waals surface area (Å²) in [5.41, 5.74) is 0. The SMILES string of the molecule is CCCCCC1=C(C=O)OS(=O)O1. The maximum atomic E-state index is 10.7. The molecule has 0 saturated carbocycles. The summed E-state index contributed by atoms with van der Waals surface area (Å²) < 4.78 is 20.1. The van der Waals surface area contributed by atoms with Crippen molar-refractivity contribution in [1.29, 1.82) is 0 Å². The maximum Gasteiger partial charge on any atom is 0.417 e. The Morgan fingerprint density at radius 1 is 1.38 bits per heavy atom. The molecule has 0 amide bonds. The fraction of sp³-hybridized carbons (Fsp3) is 0.625. The fourth-order valence-electron chi connectivity index (χ4n) is 1.05. The highest BCUT2D eigenvalue weighted by molar-refractivity contribution is 7.75. The topological polar surface area (TPSA) is 52.6 Å². The van der Waals surface area contributed by atoms with Crippen molar-refractivity contribution in [2.45, 2.75) is 32.6 Å². The summed E-state index contributed by atoms with van der Waals surface area (Å²) in [5, 5.41) is 0. The summed E-state index contributed by atoms with van der Waals surface area (Å²) >= 11 is -1.79. The molecule has 0 aromatic carbocycles. The Morgan fingerprint density at radius 3 is 2.77 bits per heavy atom. The van der Waals surface area contributed by atoms with Gasteiger partial charge in [-0.3, -0.25) is 4.79 Å². The first-order chi connectivity index (χ1) is 6.27. The van der Waals surface area contributed by atoms with Crippen LogP contribution in [0.4, 0.5) is 0 Å². The smallest absolute Gasteiger partial charge is 0.372 e. The molecule has 0 saturated heterocycles. The number of allylic oxidation sites excluding steroid dienone is 2. The second-order valence-electron chi connectivity index (χ2n) is 2.73. The predicted octanol–water partition coefficient (Wildman–Crippen LogP) is 1.60. The molecule has 74 valence electrons. The molecule has 0 radical (unpaired) electrons. The average Bonchev–Trinajstić information content (AvgIpc) is 2.47. The third-order valence-corrected chi connectivity index (χ3v) is 2.37. The molecule has 0 N–H and O–H groups in total. The molecule has 0 bridgehead atoms. The molecule has 1 aliphatic rings. The minimum Gasteiger partial charge on any atom is -0.372 e. The average molecular weight is 204 g/mol. The van der Waals surface area contributed by atoms with Crippen LogP contribution in [0.15, 0.2) is 11.5 Å². The maximum absolute atomic E-state index is 10.7. The van der Waals surface area contributed by atoms with E-state index < -0.39 is 11.4 Å². The van der Waals surface area contributed by atoms with Crippen LogP contribution in [0, 0.1) is 0 Å². The van der Waals surface area contributed by atoms with Gasteiger partial charge in [0.25, 0.3) is 0 Å². The molecule has 0 aliphatic carbocycles. The molecule has 1 heterocycles. The van der Waals surface area contributed by atoms with Gasteiger partial charge in [0.2, 0.25) is 5.76 Å². The van der Waals surface area contributed by atoms with E-state index in [0.29, 0.717) is 18.5 Å². The molecule has 4 nitrogen and oxygen atoms in total. The molecule has 1 atom stereocenters. The molecule has 1 rings (SSSR count). The number of carbonyl (C=O) groups excluding carboxylic acids is 1. The summed E-state index contributed by atoms with van der Waals surface area (Å²) in [6, 6.07) is 0. The van der Waals surface area contributed by atoms with Crippen molar-refractivity contribution < 1.29 is 17.4 Å². The lowest BCUT2D eigenvalue weighted by Gasteiger charge is -1.97.